The van der Waals surface area contributed by atoms with Gasteiger partial charge in [-0.05, 0) is 18.2 Å². The minimum absolute atomic E-state index is 0.296. The summed E-state index contributed by atoms with van der Waals surface area (Å²) in [6, 6.07) is 6.49. The van der Waals surface area contributed by atoms with Crippen molar-refractivity contribution in [2.75, 3.05) is 18.0 Å². The molecule has 0 bridgehead atoms. The van der Waals surface area contributed by atoms with Gasteiger partial charge in [-0.2, -0.15) is 0 Å². The van der Waals surface area contributed by atoms with Crippen LogP contribution in [0.2, 0.25) is 0 Å². The summed E-state index contributed by atoms with van der Waals surface area (Å²) < 4.78 is 0. The second kappa shape index (κ2) is 5.84. The highest BCUT2D eigenvalue weighted by atomic mass is 16.3. The number of nitrogens with one attached hydrogen (secondary N) is 1. The van der Waals surface area contributed by atoms with E-state index >= 15 is 0 Å². The maximum Gasteiger partial charge on any atom is 0.270 e. The van der Waals surface area contributed by atoms with E-state index in [1.165, 1.54) is 0 Å². The van der Waals surface area contributed by atoms with Gasteiger partial charge in [-0.25, -0.2) is 9.97 Å². The first-order valence-electron chi connectivity index (χ1n) is 6.66. The van der Waals surface area contributed by atoms with Gasteiger partial charge in [-0.1, -0.05) is 6.07 Å². The van der Waals surface area contributed by atoms with Crippen LogP contribution >= 0.6 is 0 Å². The van der Waals surface area contributed by atoms with E-state index < -0.39 is 6.10 Å². The summed E-state index contributed by atoms with van der Waals surface area (Å²) in [5.74, 6) is 0.251. The average Bonchev–Trinajstić information content (AvgIpc) is 2.90. The summed E-state index contributed by atoms with van der Waals surface area (Å²) in [5, 5.41) is 12.9. The van der Waals surface area contributed by atoms with Gasteiger partial charge >= 0.3 is 0 Å². The molecule has 1 aliphatic heterocycles. The number of rotatable bonds is 3. The summed E-state index contributed by atoms with van der Waals surface area (Å²) in [4.78, 5) is 26.2. The summed E-state index contributed by atoms with van der Waals surface area (Å²) in [6.45, 7) is 0.848. The van der Waals surface area contributed by atoms with Crippen LogP contribution in [0.15, 0.2) is 42.9 Å². The number of anilines is 1. The van der Waals surface area contributed by atoms with Crippen molar-refractivity contribution in [1.82, 2.24) is 20.3 Å². The molecule has 2 atom stereocenters. The molecule has 7 heteroatoms. The third kappa shape index (κ3) is 2.97. The SMILES string of the molecule is O=C(N[C@@H]1CN(c2ncccn2)C[C@H]1O)c1ccccn1. The highest BCUT2D eigenvalue weighted by Gasteiger charge is 2.33. The highest BCUT2D eigenvalue weighted by Crippen LogP contribution is 2.16. The fraction of sp³-hybridized carbons (Fsp3) is 0.286. The molecule has 0 aromatic carbocycles. The molecule has 1 fully saturated rings. The lowest BCUT2D eigenvalue weighted by molar-refractivity contribution is 0.0884. The minimum atomic E-state index is -0.665. The van der Waals surface area contributed by atoms with Gasteiger partial charge < -0.3 is 15.3 Å². The molecule has 1 saturated heterocycles. The second-order valence-corrected chi connectivity index (χ2v) is 4.82. The van der Waals surface area contributed by atoms with Crippen molar-refractivity contribution in [3.63, 3.8) is 0 Å². The van der Waals surface area contributed by atoms with Crippen LogP contribution in [0.1, 0.15) is 10.5 Å². The monoisotopic (exact) mass is 285 g/mol. The van der Waals surface area contributed by atoms with E-state index in [-0.39, 0.29) is 11.9 Å². The molecule has 7 nitrogen and oxygen atoms in total. The van der Waals surface area contributed by atoms with Crippen LogP contribution in [0.25, 0.3) is 0 Å². The van der Waals surface area contributed by atoms with Crippen LogP contribution in [0, 0.1) is 0 Å². The molecule has 1 aliphatic rings. The molecule has 3 rings (SSSR count). The first kappa shape index (κ1) is 13.4. The molecular weight excluding hydrogens is 270 g/mol. The number of carbonyl (C=O) groups excluding carboxylic acids is 1. The van der Waals surface area contributed by atoms with E-state index in [0.29, 0.717) is 24.7 Å². The summed E-state index contributed by atoms with van der Waals surface area (Å²) >= 11 is 0. The number of pyridine rings is 1. The van der Waals surface area contributed by atoms with Gasteiger partial charge in [0.2, 0.25) is 5.95 Å². The number of aliphatic hydroxyl groups excluding tert-OH is 1. The number of carbonyl (C=O) groups is 1. The van der Waals surface area contributed by atoms with Gasteiger partial charge in [-0.3, -0.25) is 9.78 Å². The van der Waals surface area contributed by atoms with Crippen molar-refractivity contribution in [2.45, 2.75) is 12.1 Å². The Kier molecular flexibility index (Phi) is 3.74. The number of aliphatic hydroxyl groups is 1. The second-order valence-electron chi connectivity index (χ2n) is 4.82. The van der Waals surface area contributed by atoms with Crippen molar-refractivity contribution >= 4 is 11.9 Å². The maximum absolute atomic E-state index is 12.1. The molecule has 0 spiro atoms. The minimum Gasteiger partial charge on any atom is -0.389 e. The standard InChI is InChI=1S/C14H15N5O2/c20-12-9-19(14-16-6-3-7-17-14)8-11(12)18-13(21)10-4-1-2-5-15-10/h1-7,11-12,20H,8-9H2,(H,18,21)/t11-,12-/m1/s1. The van der Waals surface area contributed by atoms with Crippen LogP contribution in [-0.4, -0.2) is 51.2 Å². The molecule has 2 aromatic rings. The normalized spacial score (nSPS) is 21.3. The summed E-state index contributed by atoms with van der Waals surface area (Å²) in [5.41, 5.74) is 0.333. The molecule has 1 amide bonds. The Morgan fingerprint density at radius 2 is 1.90 bits per heavy atom. The number of hydrogen-bond donors (Lipinski definition) is 2. The van der Waals surface area contributed by atoms with Gasteiger partial charge in [0.05, 0.1) is 12.1 Å². The van der Waals surface area contributed by atoms with Gasteiger partial charge in [0.15, 0.2) is 0 Å². The summed E-state index contributed by atoms with van der Waals surface area (Å²) in [6.07, 6.45) is 4.19. The Balaban J connectivity index is 1.66. The fourth-order valence-electron chi connectivity index (χ4n) is 2.29. The molecule has 0 unspecified atom stereocenters. The lowest BCUT2D eigenvalue weighted by atomic mass is 10.2. The lowest BCUT2D eigenvalue weighted by Crippen LogP contribution is -2.43. The van der Waals surface area contributed by atoms with Crippen LogP contribution in [0.5, 0.6) is 0 Å². The molecule has 0 radical (unpaired) electrons. The van der Waals surface area contributed by atoms with Gasteiger partial charge in [-0.15, -0.1) is 0 Å². The van der Waals surface area contributed by atoms with Gasteiger partial charge in [0.25, 0.3) is 5.91 Å². The molecule has 0 saturated carbocycles. The molecule has 3 heterocycles. The van der Waals surface area contributed by atoms with E-state index in [1.54, 1.807) is 42.9 Å². The number of hydrogen-bond acceptors (Lipinski definition) is 6. The highest BCUT2D eigenvalue weighted by molar-refractivity contribution is 5.92. The largest absolute Gasteiger partial charge is 0.389 e. The Hall–Kier alpha value is -2.54. The molecule has 2 N–H and O–H groups in total. The fourth-order valence-corrected chi connectivity index (χ4v) is 2.29. The van der Waals surface area contributed by atoms with E-state index in [2.05, 4.69) is 20.3 Å². The topological polar surface area (TPSA) is 91.2 Å². The maximum atomic E-state index is 12.1. The van der Waals surface area contributed by atoms with Crippen LogP contribution < -0.4 is 10.2 Å². The Bertz CT molecular complexity index is 607. The van der Waals surface area contributed by atoms with Crippen molar-refractivity contribution in [2.24, 2.45) is 0 Å². The first-order chi connectivity index (χ1) is 10.2. The number of nitrogens with zero attached hydrogens (tertiary/aromatic N) is 4. The Morgan fingerprint density at radius 3 is 2.62 bits per heavy atom. The zero-order valence-electron chi connectivity index (χ0n) is 11.3. The molecule has 108 valence electrons. The number of aromatic nitrogens is 3. The van der Waals surface area contributed by atoms with Crippen molar-refractivity contribution in [3.8, 4) is 0 Å². The van der Waals surface area contributed by atoms with Gasteiger partial charge in [0.1, 0.15) is 5.69 Å². The quantitative estimate of drug-likeness (QED) is 0.815. The zero-order valence-corrected chi connectivity index (χ0v) is 11.3. The number of amides is 1. The molecule has 0 aliphatic carbocycles. The zero-order chi connectivity index (χ0) is 14.7. The van der Waals surface area contributed by atoms with E-state index in [0.717, 1.165) is 0 Å². The Morgan fingerprint density at radius 1 is 1.14 bits per heavy atom. The molecule has 21 heavy (non-hydrogen) atoms. The van der Waals surface area contributed by atoms with E-state index in [4.69, 9.17) is 0 Å². The third-order valence-electron chi connectivity index (χ3n) is 3.34. The molecule has 2 aromatic heterocycles. The van der Waals surface area contributed by atoms with Crippen LogP contribution in [-0.2, 0) is 0 Å². The summed E-state index contributed by atoms with van der Waals surface area (Å²) in [7, 11) is 0. The Labute approximate surface area is 121 Å². The predicted octanol–water partition coefficient (Wildman–Crippen LogP) is -0.149. The van der Waals surface area contributed by atoms with E-state index in [9.17, 15) is 9.90 Å². The van der Waals surface area contributed by atoms with Crippen LogP contribution in [0.3, 0.4) is 0 Å². The third-order valence-corrected chi connectivity index (χ3v) is 3.34. The number of β-amino-alcohol motifs (C(OH)–C–C–N with tert-alkyl or cyclic N) is 1. The van der Waals surface area contributed by atoms with Gasteiger partial charge in [0, 0.05) is 31.7 Å². The molecular formula is C14H15N5O2. The van der Waals surface area contributed by atoms with Crippen molar-refractivity contribution < 1.29 is 9.90 Å². The van der Waals surface area contributed by atoms with Crippen molar-refractivity contribution in [3.05, 3.63) is 48.5 Å². The average molecular weight is 285 g/mol. The first-order valence-corrected chi connectivity index (χ1v) is 6.66. The van der Waals surface area contributed by atoms with Crippen molar-refractivity contribution in [1.29, 1.82) is 0 Å². The lowest BCUT2D eigenvalue weighted by Gasteiger charge is -2.16. The predicted molar refractivity (Wildman–Crippen MR) is 75.7 cm³/mol. The van der Waals surface area contributed by atoms with Crippen LogP contribution in [0.4, 0.5) is 5.95 Å². The smallest absolute Gasteiger partial charge is 0.270 e. The van der Waals surface area contributed by atoms with E-state index in [1.807, 2.05) is 4.90 Å².